The first-order chi connectivity index (χ1) is 7.16. The lowest BCUT2D eigenvalue weighted by Crippen LogP contribution is -2.15. The van der Waals surface area contributed by atoms with E-state index in [9.17, 15) is 0 Å². The molecule has 1 aromatic rings. The molecule has 15 heavy (non-hydrogen) atoms. The van der Waals surface area contributed by atoms with Crippen LogP contribution in [0.5, 0.6) is 0 Å². The Hall–Kier alpha value is -0.410. The minimum absolute atomic E-state index is 0.562. The minimum atomic E-state index is 0.562. The highest BCUT2D eigenvalue weighted by molar-refractivity contribution is 7.11. The second kappa shape index (κ2) is 4.62. The van der Waals surface area contributed by atoms with Crippen molar-refractivity contribution in [2.24, 2.45) is 11.8 Å². The van der Waals surface area contributed by atoms with Crippen molar-refractivity contribution in [3.8, 4) is 0 Å². The quantitative estimate of drug-likeness (QED) is 0.831. The van der Waals surface area contributed by atoms with Gasteiger partial charge in [0.05, 0.1) is 5.01 Å². The van der Waals surface area contributed by atoms with E-state index < -0.39 is 0 Å². The van der Waals surface area contributed by atoms with Gasteiger partial charge in [-0.3, -0.25) is 0 Å². The lowest BCUT2D eigenvalue weighted by molar-refractivity contribution is 0.615. The molecule has 1 aliphatic carbocycles. The normalized spacial score (nSPS) is 24.8. The zero-order valence-corrected chi connectivity index (χ0v) is 10.6. The van der Waals surface area contributed by atoms with E-state index in [0.29, 0.717) is 5.92 Å². The molecule has 1 N–H and O–H groups in total. The van der Waals surface area contributed by atoms with Crippen LogP contribution in [0.3, 0.4) is 0 Å². The van der Waals surface area contributed by atoms with Crippen molar-refractivity contribution in [2.45, 2.75) is 39.7 Å². The van der Waals surface area contributed by atoms with Gasteiger partial charge in [0.25, 0.3) is 0 Å². The number of rotatable bonds is 5. The molecule has 0 spiro atoms. The Morgan fingerprint density at radius 1 is 1.60 bits per heavy atom. The highest BCUT2D eigenvalue weighted by Crippen LogP contribution is 2.36. The lowest BCUT2D eigenvalue weighted by atomic mass is 10.2. The van der Waals surface area contributed by atoms with Crippen LogP contribution in [-0.2, 0) is 6.54 Å². The van der Waals surface area contributed by atoms with Gasteiger partial charge in [0, 0.05) is 23.5 Å². The van der Waals surface area contributed by atoms with E-state index in [0.717, 1.165) is 18.4 Å². The third kappa shape index (κ3) is 3.02. The average Bonchev–Trinajstić information content (AvgIpc) is 2.71. The average molecular weight is 224 g/mol. The minimum Gasteiger partial charge on any atom is -0.312 e. The van der Waals surface area contributed by atoms with Gasteiger partial charge in [0.1, 0.15) is 0 Å². The third-order valence-electron chi connectivity index (χ3n) is 3.05. The zero-order valence-electron chi connectivity index (χ0n) is 9.79. The van der Waals surface area contributed by atoms with Crippen molar-refractivity contribution >= 4 is 11.3 Å². The number of nitrogens with zero attached hydrogens (tertiary/aromatic N) is 1. The summed E-state index contributed by atoms with van der Waals surface area (Å²) in [6, 6.07) is 0. The topological polar surface area (TPSA) is 24.9 Å². The second-order valence-electron chi connectivity index (χ2n) is 4.92. The fourth-order valence-electron chi connectivity index (χ4n) is 1.74. The molecule has 2 unspecified atom stereocenters. The predicted octanol–water partition coefficient (Wildman–Crippen LogP) is 3.01. The molecule has 2 atom stereocenters. The molecule has 0 saturated heterocycles. The van der Waals surface area contributed by atoms with Crippen LogP contribution in [-0.4, -0.2) is 11.5 Å². The molecule has 0 aromatic carbocycles. The highest BCUT2D eigenvalue weighted by atomic mass is 32.1. The van der Waals surface area contributed by atoms with Crippen molar-refractivity contribution in [3.63, 3.8) is 0 Å². The molecule has 2 nitrogen and oxygen atoms in total. The first-order valence-electron chi connectivity index (χ1n) is 5.82. The van der Waals surface area contributed by atoms with Crippen molar-refractivity contribution in [1.82, 2.24) is 10.3 Å². The van der Waals surface area contributed by atoms with Gasteiger partial charge in [-0.2, -0.15) is 0 Å². The van der Waals surface area contributed by atoms with Crippen LogP contribution in [0.2, 0.25) is 0 Å². The van der Waals surface area contributed by atoms with Crippen LogP contribution in [0.25, 0.3) is 0 Å². The van der Waals surface area contributed by atoms with Gasteiger partial charge in [-0.15, -0.1) is 11.3 Å². The lowest BCUT2D eigenvalue weighted by Gasteiger charge is -2.00. The summed E-state index contributed by atoms with van der Waals surface area (Å²) in [6.45, 7) is 8.89. The van der Waals surface area contributed by atoms with E-state index in [1.54, 1.807) is 0 Å². The first kappa shape index (κ1) is 11.1. The predicted molar refractivity (Wildman–Crippen MR) is 65.2 cm³/mol. The molecule has 0 bridgehead atoms. The van der Waals surface area contributed by atoms with Gasteiger partial charge >= 0.3 is 0 Å². The van der Waals surface area contributed by atoms with Crippen LogP contribution < -0.4 is 5.32 Å². The van der Waals surface area contributed by atoms with Gasteiger partial charge in [-0.25, -0.2) is 4.98 Å². The molecule has 0 amide bonds. The molecule has 0 radical (unpaired) electrons. The number of hydrogen-bond acceptors (Lipinski definition) is 3. The zero-order chi connectivity index (χ0) is 10.8. The molecular weight excluding hydrogens is 204 g/mol. The van der Waals surface area contributed by atoms with Crippen LogP contribution in [0.1, 0.15) is 43.0 Å². The molecule has 1 saturated carbocycles. The fraction of sp³-hybridized carbons (Fsp3) is 0.750. The fourth-order valence-corrected chi connectivity index (χ4v) is 2.62. The summed E-state index contributed by atoms with van der Waals surface area (Å²) in [4.78, 5) is 5.79. The summed E-state index contributed by atoms with van der Waals surface area (Å²) in [5, 5.41) is 4.77. The maximum atomic E-state index is 4.42. The number of aromatic nitrogens is 1. The van der Waals surface area contributed by atoms with Gasteiger partial charge in [-0.1, -0.05) is 20.8 Å². The Morgan fingerprint density at radius 2 is 2.33 bits per heavy atom. The van der Waals surface area contributed by atoms with Crippen molar-refractivity contribution in [1.29, 1.82) is 0 Å². The standard InChI is InChI=1S/C12H20N2S/c1-8(2)12-14-7-11(15-12)6-13-5-10-4-9(10)3/h7-10,13H,4-6H2,1-3H3. The van der Waals surface area contributed by atoms with E-state index in [1.807, 2.05) is 17.5 Å². The molecular formula is C12H20N2S. The Labute approximate surface area is 96.1 Å². The molecule has 1 aromatic heterocycles. The van der Waals surface area contributed by atoms with E-state index in [4.69, 9.17) is 0 Å². The van der Waals surface area contributed by atoms with E-state index in [2.05, 4.69) is 31.1 Å². The molecule has 84 valence electrons. The Kier molecular flexibility index (Phi) is 3.42. The Morgan fingerprint density at radius 3 is 2.87 bits per heavy atom. The van der Waals surface area contributed by atoms with Crippen molar-refractivity contribution in [3.05, 3.63) is 16.1 Å². The molecule has 1 heterocycles. The maximum Gasteiger partial charge on any atom is 0.0953 e. The molecule has 1 aliphatic rings. The second-order valence-corrected chi connectivity index (χ2v) is 6.07. The number of nitrogens with one attached hydrogen (secondary N) is 1. The summed E-state index contributed by atoms with van der Waals surface area (Å²) in [5.41, 5.74) is 0. The van der Waals surface area contributed by atoms with Crippen LogP contribution in [0, 0.1) is 11.8 Å². The SMILES string of the molecule is CC(C)c1ncc(CNCC2CC2C)s1. The van der Waals surface area contributed by atoms with E-state index >= 15 is 0 Å². The summed E-state index contributed by atoms with van der Waals surface area (Å²) in [6.07, 6.45) is 3.43. The monoisotopic (exact) mass is 224 g/mol. The molecule has 1 fully saturated rings. The van der Waals surface area contributed by atoms with E-state index in [-0.39, 0.29) is 0 Å². The van der Waals surface area contributed by atoms with Crippen molar-refractivity contribution in [2.75, 3.05) is 6.54 Å². The number of thiazole rings is 1. The van der Waals surface area contributed by atoms with Gasteiger partial charge in [-0.05, 0) is 24.8 Å². The van der Waals surface area contributed by atoms with E-state index in [1.165, 1.54) is 22.9 Å². The van der Waals surface area contributed by atoms with Crippen LogP contribution in [0.4, 0.5) is 0 Å². The highest BCUT2D eigenvalue weighted by Gasteiger charge is 2.31. The molecule has 0 aliphatic heterocycles. The van der Waals surface area contributed by atoms with Crippen LogP contribution >= 0.6 is 11.3 Å². The molecule has 2 rings (SSSR count). The Balaban J connectivity index is 1.73. The third-order valence-corrected chi connectivity index (χ3v) is 4.35. The summed E-state index contributed by atoms with van der Waals surface area (Å²) in [5.74, 6) is 2.44. The largest absolute Gasteiger partial charge is 0.312 e. The Bertz CT molecular complexity index is 319. The first-order valence-corrected chi connectivity index (χ1v) is 6.63. The van der Waals surface area contributed by atoms with Crippen molar-refractivity contribution < 1.29 is 0 Å². The number of hydrogen-bond donors (Lipinski definition) is 1. The summed E-state index contributed by atoms with van der Waals surface area (Å²) in [7, 11) is 0. The van der Waals surface area contributed by atoms with Crippen LogP contribution in [0.15, 0.2) is 6.20 Å². The summed E-state index contributed by atoms with van der Waals surface area (Å²) < 4.78 is 0. The molecule has 3 heteroatoms. The van der Waals surface area contributed by atoms with Gasteiger partial charge < -0.3 is 5.32 Å². The summed E-state index contributed by atoms with van der Waals surface area (Å²) >= 11 is 1.84. The maximum absolute atomic E-state index is 4.42. The van der Waals surface area contributed by atoms with Gasteiger partial charge in [0.2, 0.25) is 0 Å². The smallest absolute Gasteiger partial charge is 0.0953 e. The van der Waals surface area contributed by atoms with Gasteiger partial charge in [0.15, 0.2) is 0 Å².